The summed E-state index contributed by atoms with van der Waals surface area (Å²) in [6.45, 7) is 1.93. The number of nitrogens with one attached hydrogen (secondary N) is 1. The van der Waals surface area contributed by atoms with E-state index < -0.39 is 0 Å². The van der Waals surface area contributed by atoms with Crippen LogP contribution in [-0.4, -0.2) is 26.4 Å². The van der Waals surface area contributed by atoms with Gasteiger partial charge in [-0.2, -0.15) is 0 Å². The SMILES string of the molecule is Cc1ccc(NC(=O)CSc2nnc(C3CC3)n2C)cc1Cl. The second-order valence-electron chi connectivity index (χ2n) is 5.47. The van der Waals surface area contributed by atoms with Gasteiger partial charge in [0.2, 0.25) is 5.91 Å². The highest BCUT2D eigenvalue weighted by molar-refractivity contribution is 7.99. The molecule has 0 aliphatic heterocycles. The molecule has 3 rings (SSSR count). The standard InChI is InChI=1S/C15H17ClN4OS/c1-9-3-6-11(7-12(9)16)17-13(21)8-22-15-19-18-14(20(15)2)10-4-5-10/h3,6-7,10H,4-5,8H2,1-2H3,(H,17,21). The number of carbonyl (C=O) groups is 1. The van der Waals surface area contributed by atoms with E-state index in [0.717, 1.165) is 16.5 Å². The van der Waals surface area contributed by atoms with Crippen LogP contribution < -0.4 is 5.32 Å². The van der Waals surface area contributed by atoms with Crippen molar-refractivity contribution in [3.05, 3.63) is 34.6 Å². The van der Waals surface area contributed by atoms with Crippen molar-refractivity contribution < 1.29 is 4.79 Å². The molecule has 5 nitrogen and oxygen atoms in total. The summed E-state index contributed by atoms with van der Waals surface area (Å²) in [5.74, 6) is 1.78. The van der Waals surface area contributed by atoms with Gasteiger partial charge >= 0.3 is 0 Å². The third kappa shape index (κ3) is 3.44. The number of halogens is 1. The van der Waals surface area contributed by atoms with Gasteiger partial charge in [0.25, 0.3) is 0 Å². The second-order valence-corrected chi connectivity index (χ2v) is 6.82. The molecule has 1 aromatic heterocycles. The van der Waals surface area contributed by atoms with Crippen molar-refractivity contribution in [1.82, 2.24) is 14.8 Å². The number of thioether (sulfide) groups is 1. The van der Waals surface area contributed by atoms with Crippen molar-refractivity contribution in [1.29, 1.82) is 0 Å². The lowest BCUT2D eigenvalue weighted by atomic mass is 10.2. The topological polar surface area (TPSA) is 59.8 Å². The summed E-state index contributed by atoms with van der Waals surface area (Å²) in [5, 5.41) is 12.6. The largest absolute Gasteiger partial charge is 0.325 e. The Kier molecular flexibility index (Phi) is 4.40. The zero-order valence-electron chi connectivity index (χ0n) is 12.5. The van der Waals surface area contributed by atoms with Gasteiger partial charge in [0, 0.05) is 23.7 Å². The highest BCUT2D eigenvalue weighted by Crippen LogP contribution is 2.39. The minimum absolute atomic E-state index is 0.0825. The van der Waals surface area contributed by atoms with Crippen LogP contribution in [0.2, 0.25) is 5.02 Å². The molecule has 0 saturated heterocycles. The fraction of sp³-hybridized carbons (Fsp3) is 0.400. The van der Waals surface area contributed by atoms with Gasteiger partial charge in [-0.1, -0.05) is 29.4 Å². The quantitative estimate of drug-likeness (QED) is 0.850. The number of amides is 1. The van der Waals surface area contributed by atoms with Crippen LogP contribution in [0.15, 0.2) is 23.4 Å². The molecule has 1 saturated carbocycles. The van der Waals surface area contributed by atoms with Crippen LogP contribution in [0.3, 0.4) is 0 Å². The minimum atomic E-state index is -0.0825. The van der Waals surface area contributed by atoms with Crippen LogP contribution in [0.5, 0.6) is 0 Å². The molecule has 1 aromatic carbocycles. The molecule has 116 valence electrons. The number of aryl methyl sites for hydroxylation is 1. The fourth-order valence-corrected chi connectivity index (χ4v) is 3.05. The van der Waals surface area contributed by atoms with Gasteiger partial charge in [0.05, 0.1) is 5.75 Å². The van der Waals surface area contributed by atoms with Crippen LogP contribution in [0, 0.1) is 6.92 Å². The molecule has 1 N–H and O–H groups in total. The number of benzene rings is 1. The van der Waals surface area contributed by atoms with E-state index in [0.29, 0.717) is 22.4 Å². The Labute approximate surface area is 138 Å². The molecule has 0 unspecified atom stereocenters. The molecule has 0 bridgehead atoms. The molecular weight excluding hydrogens is 320 g/mol. The lowest BCUT2D eigenvalue weighted by Gasteiger charge is -2.07. The van der Waals surface area contributed by atoms with Crippen molar-refractivity contribution >= 4 is 35.0 Å². The maximum Gasteiger partial charge on any atom is 0.234 e. The molecule has 0 spiro atoms. The number of hydrogen-bond donors (Lipinski definition) is 1. The Morgan fingerprint density at radius 2 is 2.23 bits per heavy atom. The van der Waals surface area contributed by atoms with Crippen molar-refractivity contribution in [2.45, 2.75) is 30.8 Å². The first-order chi connectivity index (χ1) is 10.5. The molecular formula is C15H17ClN4OS. The van der Waals surface area contributed by atoms with E-state index in [-0.39, 0.29) is 5.91 Å². The minimum Gasteiger partial charge on any atom is -0.325 e. The highest BCUT2D eigenvalue weighted by Gasteiger charge is 2.29. The lowest BCUT2D eigenvalue weighted by molar-refractivity contribution is -0.113. The number of anilines is 1. The summed E-state index contributed by atoms with van der Waals surface area (Å²) in [5.41, 5.74) is 1.69. The maximum atomic E-state index is 12.0. The van der Waals surface area contributed by atoms with Crippen LogP contribution in [0.25, 0.3) is 0 Å². The lowest BCUT2D eigenvalue weighted by Crippen LogP contribution is -2.14. The summed E-state index contributed by atoms with van der Waals surface area (Å²) in [6, 6.07) is 5.49. The monoisotopic (exact) mass is 336 g/mol. The Morgan fingerprint density at radius 3 is 2.91 bits per heavy atom. The van der Waals surface area contributed by atoms with Crippen LogP contribution in [0.4, 0.5) is 5.69 Å². The number of nitrogens with zero attached hydrogens (tertiary/aromatic N) is 3. The van der Waals surface area contributed by atoms with Gasteiger partial charge in [0.1, 0.15) is 5.82 Å². The van der Waals surface area contributed by atoms with E-state index in [1.165, 1.54) is 24.6 Å². The summed E-state index contributed by atoms with van der Waals surface area (Å²) in [4.78, 5) is 12.0. The average molecular weight is 337 g/mol. The van der Waals surface area contributed by atoms with Gasteiger partial charge in [-0.05, 0) is 37.5 Å². The number of rotatable bonds is 5. The van der Waals surface area contributed by atoms with E-state index in [9.17, 15) is 4.79 Å². The fourth-order valence-electron chi connectivity index (χ4n) is 2.15. The normalized spacial score (nSPS) is 14.1. The maximum absolute atomic E-state index is 12.0. The Balaban J connectivity index is 1.56. The van der Waals surface area contributed by atoms with Gasteiger partial charge in [0.15, 0.2) is 5.16 Å². The van der Waals surface area contributed by atoms with Crippen LogP contribution in [-0.2, 0) is 11.8 Å². The zero-order chi connectivity index (χ0) is 15.7. The summed E-state index contributed by atoms with van der Waals surface area (Å²) >= 11 is 7.44. The van der Waals surface area contributed by atoms with Crippen molar-refractivity contribution in [2.75, 3.05) is 11.1 Å². The third-order valence-electron chi connectivity index (χ3n) is 3.60. The zero-order valence-corrected chi connectivity index (χ0v) is 14.0. The van der Waals surface area contributed by atoms with Crippen molar-refractivity contribution in [3.63, 3.8) is 0 Å². The Morgan fingerprint density at radius 1 is 1.45 bits per heavy atom. The molecule has 7 heteroatoms. The molecule has 22 heavy (non-hydrogen) atoms. The van der Waals surface area contributed by atoms with E-state index >= 15 is 0 Å². The van der Waals surface area contributed by atoms with E-state index in [4.69, 9.17) is 11.6 Å². The summed E-state index contributed by atoms with van der Waals surface area (Å²) in [6.07, 6.45) is 2.37. The molecule has 1 aliphatic rings. The molecule has 1 heterocycles. The van der Waals surface area contributed by atoms with Gasteiger partial charge < -0.3 is 9.88 Å². The van der Waals surface area contributed by atoms with Gasteiger partial charge in [-0.3, -0.25) is 4.79 Å². The molecule has 0 atom stereocenters. The first-order valence-electron chi connectivity index (χ1n) is 7.12. The Bertz CT molecular complexity index is 712. The first-order valence-corrected chi connectivity index (χ1v) is 8.49. The van der Waals surface area contributed by atoms with Gasteiger partial charge in [-0.25, -0.2) is 0 Å². The van der Waals surface area contributed by atoms with Crippen LogP contribution in [0.1, 0.15) is 30.1 Å². The summed E-state index contributed by atoms with van der Waals surface area (Å²) < 4.78 is 1.98. The highest BCUT2D eigenvalue weighted by atomic mass is 35.5. The summed E-state index contributed by atoms with van der Waals surface area (Å²) in [7, 11) is 1.95. The predicted molar refractivity (Wildman–Crippen MR) is 88.5 cm³/mol. The van der Waals surface area contributed by atoms with Crippen LogP contribution >= 0.6 is 23.4 Å². The molecule has 0 radical (unpaired) electrons. The smallest absolute Gasteiger partial charge is 0.234 e. The second kappa shape index (κ2) is 6.30. The molecule has 2 aromatic rings. The average Bonchev–Trinajstić information content (AvgIpc) is 3.25. The first kappa shape index (κ1) is 15.4. The van der Waals surface area contributed by atoms with Crippen molar-refractivity contribution in [3.8, 4) is 0 Å². The Hall–Kier alpha value is -1.53. The number of carbonyl (C=O) groups excluding carboxylic acids is 1. The van der Waals surface area contributed by atoms with Gasteiger partial charge in [-0.15, -0.1) is 10.2 Å². The molecule has 1 amide bonds. The van der Waals surface area contributed by atoms with E-state index in [1.54, 1.807) is 6.07 Å². The van der Waals surface area contributed by atoms with Crippen molar-refractivity contribution in [2.24, 2.45) is 7.05 Å². The third-order valence-corrected chi connectivity index (χ3v) is 5.03. The van der Waals surface area contributed by atoms with E-state index in [1.807, 2.05) is 30.7 Å². The number of aromatic nitrogens is 3. The number of hydrogen-bond acceptors (Lipinski definition) is 4. The predicted octanol–water partition coefficient (Wildman–Crippen LogP) is 3.39. The van der Waals surface area contributed by atoms with E-state index in [2.05, 4.69) is 15.5 Å². The molecule has 1 fully saturated rings. The molecule has 1 aliphatic carbocycles.